The highest BCUT2D eigenvalue weighted by Crippen LogP contribution is 2.31. The topological polar surface area (TPSA) is 127 Å². The zero-order valence-corrected chi connectivity index (χ0v) is 19.4. The molecular weight excluding hydrogens is 418 g/mol. The van der Waals surface area contributed by atoms with Crippen molar-refractivity contribution in [1.29, 1.82) is 0 Å². The van der Waals surface area contributed by atoms with Gasteiger partial charge in [-0.05, 0) is 17.9 Å². The third kappa shape index (κ3) is 4.52. The number of aryl methyl sites for hydroxylation is 1. The Kier molecular flexibility index (Phi) is 5.91. The highest BCUT2D eigenvalue weighted by molar-refractivity contribution is 7.91. The molecular formula is C20H32N7O3S+. The van der Waals surface area contributed by atoms with Crippen LogP contribution in [0.25, 0.3) is 0 Å². The van der Waals surface area contributed by atoms with E-state index in [4.69, 9.17) is 15.0 Å². The van der Waals surface area contributed by atoms with E-state index in [0.29, 0.717) is 24.9 Å². The Bertz CT molecular complexity index is 1060. The summed E-state index contributed by atoms with van der Waals surface area (Å²) in [7, 11) is -3.51. The summed E-state index contributed by atoms with van der Waals surface area (Å²) in [6, 6.07) is -1.12. The molecule has 3 heterocycles. The van der Waals surface area contributed by atoms with E-state index in [-0.39, 0.29) is 22.8 Å². The van der Waals surface area contributed by atoms with E-state index in [1.807, 2.05) is 4.68 Å². The Balaban J connectivity index is 1.61. The summed E-state index contributed by atoms with van der Waals surface area (Å²) < 4.78 is 26.2. The van der Waals surface area contributed by atoms with Crippen molar-refractivity contribution in [2.24, 2.45) is 32.4 Å². The smallest absolute Gasteiger partial charge is 0.351 e. The zero-order chi connectivity index (χ0) is 22.3. The Morgan fingerprint density at radius 3 is 2.77 bits per heavy atom. The average Bonchev–Trinajstić information content (AvgIpc) is 3.25. The van der Waals surface area contributed by atoms with Crippen molar-refractivity contribution >= 4 is 27.4 Å². The third-order valence-corrected chi connectivity index (χ3v) is 7.10. The van der Waals surface area contributed by atoms with Crippen LogP contribution < -0.4 is 15.2 Å². The lowest BCUT2D eigenvalue weighted by molar-refractivity contribution is -0.536. The predicted octanol–water partition coefficient (Wildman–Crippen LogP) is 1.99. The van der Waals surface area contributed by atoms with Crippen molar-refractivity contribution in [2.45, 2.75) is 64.4 Å². The van der Waals surface area contributed by atoms with Crippen molar-refractivity contribution < 1.29 is 18.4 Å². The van der Waals surface area contributed by atoms with E-state index < -0.39 is 15.9 Å². The minimum Gasteiger partial charge on any atom is -0.477 e. The maximum absolute atomic E-state index is 13.1. The lowest BCUT2D eigenvalue weighted by Gasteiger charge is -2.17. The van der Waals surface area contributed by atoms with Crippen LogP contribution in [0, 0.1) is 17.8 Å². The minimum atomic E-state index is -3.51. The molecule has 170 valence electrons. The Morgan fingerprint density at radius 1 is 1.39 bits per heavy atom. The molecule has 2 amide bonds. The number of fused-ring (bicyclic) bond motifs is 1. The number of nitrogens with zero attached hydrogens (tertiary/aromatic N) is 5. The van der Waals surface area contributed by atoms with Gasteiger partial charge in [0.15, 0.2) is 22.5 Å². The van der Waals surface area contributed by atoms with Gasteiger partial charge in [0.05, 0.1) is 12.8 Å². The number of hydrazone groups is 1. The van der Waals surface area contributed by atoms with Crippen LogP contribution in [-0.4, -0.2) is 55.3 Å². The first-order chi connectivity index (χ1) is 14.7. The van der Waals surface area contributed by atoms with Crippen LogP contribution in [0.15, 0.2) is 20.6 Å². The molecule has 0 radical (unpaired) electrons. The highest BCUT2D eigenvalue weighted by Gasteiger charge is 2.43. The van der Waals surface area contributed by atoms with Crippen molar-refractivity contribution in [3.05, 3.63) is 6.20 Å². The standard InChI is InChI=1S/C20H31N7O3S/c1-12(2)16-17(18(13(3)4)27(24-16)11-14-6-7-14)23-20(28)25-31(21,29)15-10-22-26-8-5-9-30-19(15)26/h10,12-14,17H,5-9,11H2,1-4H3,(H2-,21,23,25,28,29)/p+1. The monoisotopic (exact) mass is 450 g/mol. The van der Waals surface area contributed by atoms with Gasteiger partial charge in [0, 0.05) is 30.7 Å². The summed E-state index contributed by atoms with van der Waals surface area (Å²) >= 11 is 0. The molecule has 2 aliphatic heterocycles. The molecule has 0 aromatic carbocycles. The largest absolute Gasteiger partial charge is 0.477 e. The summed E-state index contributed by atoms with van der Waals surface area (Å²) in [6.07, 6.45) is 4.61. The normalized spacial score (nSPS) is 22.8. The molecule has 2 unspecified atom stereocenters. The number of rotatable bonds is 6. The van der Waals surface area contributed by atoms with Crippen LogP contribution in [0.4, 0.5) is 4.79 Å². The highest BCUT2D eigenvalue weighted by atomic mass is 32.2. The van der Waals surface area contributed by atoms with Gasteiger partial charge in [-0.1, -0.05) is 32.4 Å². The summed E-state index contributed by atoms with van der Waals surface area (Å²) in [5.41, 5.74) is 1.91. The van der Waals surface area contributed by atoms with E-state index >= 15 is 0 Å². The van der Waals surface area contributed by atoms with Gasteiger partial charge in [-0.15, -0.1) is 4.36 Å². The zero-order valence-electron chi connectivity index (χ0n) is 18.6. The Hall–Kier alpha value is -2.27. The molecule has 1 saturated carbocycles. The van der Waals surface area contributed by atoms with Gasteiger partial charge < -0.3 is 10.1 Å². The number of hydrogen-bond donors (Lipinski definition) is 2. The molecule has 3 N–H and O–H groups in total. The van der Waals surface area contributed by atoms with E-state index in [0.717, 1.165) is 24.4 Å². The molecule has 1 aromatic rings. The van der Waals surface area contributed by atoms with Gasteiger partial charge in [-0.2, -0.15) is 5.10 Å². The average molecular weight is 451 g/mol. The summed E-state index contributed by atoms with van der Waals surface area (Å²) in [6.45, 7) is 10.3. The number of hydrogen-bond acceptors (Lipinski definition) is 5. The molecule has 0 bridgehead atoms. The minimum absolute atomic E-state index is 0.140. The second-order valence-electron chi connectivity index (χ2n) is 9.07. The van der Waals surface area contributed by atoms with Gasteiger partial charge in [-0.25, -0.2) is 18.8 Å². The van der Waals surface area contributed by atoms with Crippen LogP contribution in [0.2, 0.25) is 0 Å². The van der Waals surface area contributed by atoms with E-state index in [9.17, 15) is 9.00 Å². The van der Waals surface area contributed by atoms with E-state index in [1.165, 1.54) is 19.0 Å². The molecule has 0 spiro atoms. The number of urea groups is 1. The molecule has 2 atom stereocenters. The molecule has 31 heavy (non-hydrogen) atoms. The molecule has 0 saturated heterocycles. The molecule has 10 nitrogen and oxygen atoms in total. The molecule has 1 fully saturated rings. The number of amides is 2. The molecule has 1 aliphatic carbocycles. The van der Waals surface area contributed by atoms with Crippen LogP contribution in [0.3, 0.4) is 0 Å². The first kappa shape index (κ1) is 21.9. The van der Waals surface area contributed by atoms with Gasteiger partial charge in [-0.3, -0.25) is 0 Å². The maximum atomic E-state index is 13.1. The quantitative estimate of drug-likeness (QED) is 0.643. The number of nitrogens with two attached hydrogens (primary N) is 1. The number of aromatic nitrogens is 2. The molecule has 1 aromatic heterocycles. The van der Waals surface area contributed by atoms with Crippen molar-refractivity contribution in [3.8, 4) is 5.88 Å². The second-order valence-corrected chi connectivity index (χ2v) is 10.8. The van der Waals surface area contributed by atoms with Gasteiger partial charge in [0.2, 0.25) is 11.6 Å². The fourth-order valence-electron chi connectivity index (χ4n) is 4.04. The first-order valence-corrected chi connectivity index (χ1v) is 12.5. The Morgan fingerprint density at radius 2 is 2.13 bits per heavy atom. The number of nitrogens with one attached hydrogen (secondary N) is 1. The van der Waals surface area contributed by atoms with Crippen molar-refractivity contribution in [2.75, 3.05) is 13.2 Å². The van der Waals surface area contributed by atoms with Crippen molar-refractivity contribution in [3.63, 3.8) is 0 Å². The third-order valence-electron chi connectivity index (χ3n) is 5.75. The lowest BCUT2D eigenvalue weighted by atomic mass is 9.92. The fourth-order valence-corrected chi connectivity index (χ4v) is 5.05. The summed E-state index contributed by atoms with van der Waals surface area (Å²) in [5, 5.41) is 17.9. The van der Waals surface area contributed by atoms with Gasteiger partial charge in [0.1, 0.15) is 10.6 Å². The summed E-state index contributed by atoms with van der Waals surface area (Å²) in [5.74, 6) is 1.30. The number of carbonyl (C=O) groups is 1. The van der Waals surface area contributed by atoms with Crippen LogP contribution in [-0.2, 0) is 16.5 Å². The summed E-state index contributed by atoms with van der Waals surface area (Å²) in [4.78, 5) is 13.0. The second kappa shape index (κ2) is 8.34. The van der Waals surface area contributed by atoms with E-state index in [1.54, 1.807) is 4.68 Å². The predicted molar refractivity (Wildman–Crippen MR) is 118 cm³/mol. The maximum Gasteiger partial charge on any atom is 0.351 e. The van der Waals surface area contributed by atoms with Gasteiger partial charge >= 0.3 is 6.03 Å². The molecule has 11 heteroatoms. The SMILES string of the molecule is CC(C)C1=N[N+](CC2CC2)=C(C(C)C)C1NC(=O)N=S(N)(=O)c1cnn2c1OCCC2. The molecule has 3 aliphatic rings. The molecule has 4 rings (SSSR count). The van der Waals surface area contributed by atoms with Crippen LogP contribution >= 0.6 is 0 Å². The fraction of sp³-hybridized carbons (Fsp3) is 0.700. The lowest BCUT2D eigenvalue weighted by Crippen LogP contribution is -2.48. The van der Waals surface area contributed by atoms with Crippen LogP contribution in [0.1, 0.15) is 47.0 Å². The van der Waals surface area contributed by atoms with E-state index in [2.05, 4.69) is 42.5 Å². The van der Waals surface area contributed by atoms with Crippen molar-refractivity contribution in [1.82, 2.24) is 15.1 Å². The Labute approximate surface area is 183 Å². The first-order valence-electron chi connectivity index (χ1n) is 10.9. The van der Waals surface area contributed by atoms with Crippen LogP contribution in [0.5, 0.6) is 5.88 Å². The number of ether oxygens (including phenoxy) is 1. The van der Waals surface area contributed by atoms with Gasteiger partial charge in [0.25, 0.3) is 0 Å². The number of carbonyl (C=O) groups excluding carboxylic acids is 1.